The summed E-state index contributed by atoms with van der Waals surface area (Å²) >= 11 is 0. The summed E-state index contributed by atoms with van der Waals surface area (Å²) in [5.41, 5.74) is 1.05. The van der Waals surface area contributed by atoms with Gasteiger partial charge in [0.2, 0.25) is 0 Å². The fraction of sp³-hybridized carbons (Fsp3) is 0.409. The Bertz CT molecular complexity index is 727. The van der Waals surface area contributed by atoms with Crippen LogP contribution in [0.4, 0.5) is 0 Å². The van der Waals surface area contributed by atoms with E-state index in [1.54, 1.807) is 33.3 Å². The zero-order valence-electron chi connectivity index (χ0n) is 16.7. The first-order valence-electron chi connectivity index (χ1n) is 9.18. The Morgan fingerprint density at radius 3 is 2.15 bits per heavy atom. The normalized spacial score (nSPS) is 13.0. The number of benzene rings is 2. The van der Waals surface area contributed by atoms with Crippen molar-refractivity contribution in [1.29, 1.82) is 0 Å². The van der Waals surface area contributed by atoms with Crippen molar-refractivity contribution in [3.63, 3.8) is 0 Å². The molecule has 0 spiro atoms. The highest BCUT2D eigenvalue weighted by Gasteiger charge is 2.21. The molecule has 0 aliphatic rings. The van der Waals surface area contributed by atoms with E-state index in [-0.39, 0.29) is 11.9 Å². The van der Waals surface area contributed by atoms with Crippen LogP contribution in [0.2, 0.25) is 0 Å². The standard InChI is InChI=1S/C22H29NO4/c1-15(2)13-21(17-9-11-18(25-4)12-10-17)23-22(24)16(3)27-20-8-6-7-19(14-20)26-5/h6-12,14-16,21H,13H2,1-5H3,(H,23,24)/t16-,21-/m1/s1. The molecule has 5 nitrogen and oxygen atoms in total. The highest BCUT2D eigenvalue weighted by Crippen LogP contribution is 2.24. The van der Waals surface area contributed by atoms with E-state index in [1.165, 1.54) is 0 Å². The molecule has 1 amide bonds. The minimum Gasteiger partial charge on any atom is -0.497 e. The Hall–Kier alpha value is -2.69. The van der Waals surface area contributed by atoms with Gasteiger partial charge in [-0.3, -0.25) is 4.79 Å². The molecule has 0 radical (unpaired) electrons. The second-order valence-corrected chi connectivity index (χ2v) is 6.90. The van der Waals surface area contributed by atoms with Gasteiger partial charge in [0.1, 0.15) is 17.2 Å². The lowest BCUT2D eigenvalue weighted by Gasteiger charge is -2.24. The van der Waals surface area contributed by atoms with Gasteiger partial charge >= 0.3 is 0 Å². The molecule has 0 fully saturated rings. The van der Waals surface area contributed by atoms with Gasteiger partial charge in [-0.2, -0.15) is 0 Å². The molecule has 2 aromatic rings. The van der Waals surface area contributed by atoms with Crippen LogP contribution in [0.1, 0.15) is 38.8 Å². The number of ether oxygens (including phenoxy) is 3. The third-order valence-electron chi connectivity index (χ3n) is 4.27. The van der Waals surface area contributed by atoms with Gasteiger partial charge in [-0.15, -0.1) is 0 Å². The second kappa shape index (κ2) is 9.86. The van der Waals surface area contributed by atoms with Crippen LogP contribution in [-0.2, 0) is 4.79 Å². The third kappa shape index (κ3) is 6.20. The molecule has 5 heteroatoms. The Morgan fingerprint density at radius 1 is 0.926 bits per heavy atom. The Balaban J connectivity index is 2.06. The molecule has 0 unspecified atom stereocenters. The lowest BCUT2D eigenvalue weighted by Crippen LogP contribution is -2.39. The smallest absolute Gasteiger partial charge is 0.261 e. The largest absolute Gasteiger partial charge is 0.497 e. The molecule has 0 heterocycles. The first-order valence-corrected chi connectivity index (χ1v) is 9.18. The molecule has 146 valence electrons. The average Bonchev–Trinajstić information content (AvgIpc) is 2.67. The second-order valence-electron chi connectivity index (χ2n) is 6.90. The summed E-state index contributed by atoms with van der Waals surface area (Å²) in [6.45, 7) is 6.02. The van der Waals surface area contributed by atoms with Crippen molar-refractivity contribution in [2.45, 2.75) is 39.3 Å². The van der Waals surface area contributed by atoms with E-state index in [0.29, 0.717) is 17.4 Å². The number of nitrogens with one attached hydrogen (secondary N) is 1. The van der Waals surface area contributed by atoms with Crippen molar-refractivity contribution in [1.82, 2.24) is 5.32 Å². The lowest BCUT2D eigenvalue weighted by atomic mass is 9.96. The maximum Gasteiger partial charge on any atom is 0.261 e. The van der Waals surface area contributed by atoms with Crippen molar-refractivity contribution in [2.75, 3.05) is 14.2 Å². The number of methoxy groups -OCH3 is 2. The number of hydrogen-bond donors (Lipinski definition) is 1. The molecule has 2 aromatic carbocycles. The van der Waals surface area contributed by atoms with Crippen molar-refractivity contribution in [3.05, 3.63) is 54.1 Å². The van der Waals surface area contributed by atoms with Crippen LogP contribution in [0.3, 0.4) is 0 Å². The first-order chi connectivity index (χ1) is 12.9. The zero-order valence-corrected chi connectivity index (χ0v) is 16.7. The fourth-order valence-electron chi connectivity index (χ4n) is 2.81. The number of hydrogen-bond acceptors (Lipinski definition) is 4. The minimum atomic E-state index is -0.620. The molecule has 0 aliphatic carbocycles. The molecule has 27 heavy (non-hydrogen) atoms. The topological polar surface area (TPSA) is 56.8 Å². The number of amides is 1. The van der Waals surface area contributed by atoms with Gasteiger partial charge in [-0.1, -0.05) is 32.0 Å². The molecule has 0 saturated heterocycles. The number of carbonyl (C=O) groups excluding carboxylic acids is 1. The van der Waals surface area contributed by atoms with Gasteiger partial charge in [0, 0.05) is 6.07 Å². The van der Waals surface area contributed by atoms with Gasteiger partial charge in [-0.05, 0) is 49.1 Å². The number of carbonyl (C=O) groups is 1. The average molecular weight is 371 g/mol. The highest BCUT2D eigenvalue weighted by molar-refractivity contribution is 5.81. The Labute approximate surface area is 161 Å². The predicted molar refractivity (Wildman–Crippen MR) is 106 cm³/mol. The van der Waals surface area contributed by atoms with Crippen LogP contribution >= 0.6 is 0 Å². The predicted octanol–water partition coefficient (Wildman–Crippen LogP) is 4.37. The summed E-state index contributed by atoms with van der Waals surface area (Å²) in [6, 6.07) is 14.9. The van der Waals surface area contributed by atoms with Crippen LogP contribution in [-0.4, -0.2) is 26.2 Å². The van der Waals surface area contributed by atoms with Crippen molar-refractivity contribution in [3.8, 4) is 17.2 Å². The summed E-state index contributed by atoms with van der Waals surface area (Å²) in [4.78, 5) is 12.7. The summed E-state index contributed by atoms with van der Waals surface area (Å²) in [7, 11) is 3.24. The van der Waals surface area contributed by atoms with Crippen LogP contribution in [0.5, 0.6) is 17.2 Å². The molecular weight excluding hydrogens is 342 g/mol. The maximum absolute atomic E-state index is 12.7. The lowest BCUT2D eigenvalue weighted by molar-refractivity contribution is -0.128. The highest BCUT2D eigenvalue weighted by atomic mass is 16.5. The minimum absolute atomic E-state index is 0.0836. The van der Waals surface area contributed by atoms with E-state index in [1.807, 2.05) is 36.4 Å². The van der Waals surface area contributed by atoms with Crippen molar-refractivity contribution in [2.24, 2.45) is 5.92 Å². The van der Waals surface area contributed by atoms with E-state index in [4.69, 9.17) is 14.2 Å². The molecule has 0 saturated carbocycles. The number of rotatable bonds is 9. The quantitative estimate of drug-likeness (QED) is 0.711. The van der Waals surface area contributed by atoms with Gasteiger partial charge in [0.05, 0.1) is 20.3 Å². The van der Waals surface area contributed by atoms with E-state index in [9.17, 15) is 4.79 Å². The maximum atomic E-state index is 12.7. The first kappa shape index (κ1) is 20.6. The molecule has 2 atom stereocenters. The van der Waals surface area contributed by atoms with Crippen LogP contribution < -0.4 is 19.5 Å². The SMILES string of the molecule is COc1ccc([C@@H](CC(C)C)NC(=O)[C@@H](C)Oc2cccc(OC)c2)cc1. The molecule has 0 bridgehead atoms. The van der Waals surface area contributed by atoms with E-state index in [0.717, 1.165) is 17.7 Å². The van der Waals surface area contributed by atoms with Crippen LogP contribution in [0.25, 0.3) is 0 Å². The molecule has 0 aliphatic heterocycles. The molecular formula is C22H29NO4. The third-order valence-corrected chi connectivity index (χ3v) is 4.27. The van der Waals surface area contributed by atoms with E-state index < -0.39 is 6.10 Å². The van der Waals surface area contributed by atoms with Crippen molar-refractivity contribution >= 4 is 5.91 Å². The van der Waals surface area contributed by atoms with E-state index >= 15 is 0 Å². The van der Waals surface area contributed by atoms with Crippen LogP contribution in [0, 0.1) is 5.92 Å². The summed E-state index contributed by atoms with van der Waals surface area (Å²) in [6.07, 6.45) is 0.217. The zero-order chi connectivity index (χ0) is 19.8. The monoisotopic (exact) mass is 371 g/mol. The summed E-state index contributed by atoms with van der Waals surface area (Å²) in [5, 5.41) is 3.11. The molecule has 0 aromatic heterocycles. The van der Waals surface area contributed by atoms with Crippen molar-refractivity contribution < 1.29 is 19.0 Å². The molecule has 2 rings (SSSR count). The molecule has 1 N–H and O–H groups in total. The summed E-state index contributed by atoms with van der Waals surface area (Å²) in [5.74, 6) is 2.37. The fourth-order valence-corrected chi connectivity index (χ4v) is 2.81. The summed E-state index contributed by atoms with van der Waals surface area (Å²) < 4.78 is 16.2. The Kier molecular flexibility index (Phi) is 7.53. The van der Waals surface area contributed by atoms with Gasteiger partial charge < -0.3 is 19.5 Å². The van der Waals surface area contributed by atoms with E-state index in [2.05, 4.69) is 19.2 Å². The van der Waals surface area contributed by atoms with Gasteiger partial charge in [0.15, 0.2) is 6.10 Å². The van der Waals surface area contributed by atoms with Gasteiger partial charge in [0.25, 0.3) is 5.91 Å². The van der Waals surface area contributed by atoms with Gasteiger partial charge in [-0.25, -0.2) is 0 Å². The van der Waals surface area contributed by atoms with Crippen LogP contribution in [0.15, 0.2) is 48.5 Å². The Morgan fingerprint density at radius 2 is 1.56 bits per heavy atom.